The number of benzene rings is 1. The van der Waals surface area contributed by atoms with E-state index in [-0.39, 0.29) is 5.92 Å². The van der Waals surface area contributed by atoms with Crippen molar-refractivity contribution in [2.45, 2.75) is 12.3 Å². The third-order valence-corrected chi connectivity index (χ3v) is 6.13. The molecule has 0 saturated carbocycles. The van der Waals surface area contributed by atoms with Gasteiger partial charge in [-0.3, -0.25) is 0 Å². The van der Waals surface area contributed by atoms with Gasteiger partial charge in [-0.05, 0) is 53.7 Å². The summed E-state index contributed by atoms with van der Waals surface area (Å²) in [6.45, 7) is 1.71. The number of nitrogens with one attached hydrogen (secondary N) is 3. The number of fused-ring (bicyclic) bond motifs is 1. The lowest BCUT2D eigenvalue weighted by Crippen LogP contribution is -2.38. The van der Waals surface area contributed by atoms with Crippen LogP contribution in [0.3, 0.4) is 0 Å². The molecule has 0 unspecified atom stereocenters. The third-order valence-electron chi connectivity index (χ3n) is 4.16. The largest absolute Gasteiger partial charge is 0.363 e. The Morgan fingerprint density at radius 1 is 1.24 bits per heavy atom. The number of hydrogen-bond donors (Lipinski definition) is 3. The Morgan fingerprint density at radius 2 is 2.12 bits per heavy atom. The van der Waals surface area contributed by atoms with Gasteiger partial charge < -0.3 is 15.6 Å². The Kier molecular flexibility index (Phi) is 6.78. The Balaban J connectivity index is 1.70. The van der Waals surface area contributed by atoms with E-state index in [1.54, 1.807) is 11.3 Å². The second-order valence-corrected chi connectivity index (χ2v) is 8.21. The third kappa shape index (κ3) is 4.77. The lowest BCUT2D eigenvalue weighted by molar-refractivity contribution is 0.746. The van der Waals surface area contributed by atoms with Crippen LogP contribution >= 0.6 is 35.3 Å². The molecular weight excluding hydrogens is 366 g/mol. The number of para-hydroxylation sites is 1. The van der Waals surface area contributed by atoms with E-state index in [0.717, 1.165) is 30.4 Å². The molecule has 3 rings (SSSR count). The van der Waals surface area contributed by atoms with Crippen LogP contribution in [-0.4, -0.2) is 35.2 Å². The van der Waals surface area contributed by atoms with Crippen molar-refractivity contribution in [1.29, 1.82) is 0 Å². The van der Waals surface area contributed by atoms with E-state index in [4.69, 9.17) is 12.2 Å². The second-order valence-electron chi connectivity index (χ2n) is 5.84. The zero-order valence-corrected chi connectivity index (χ0v) is 16.7. The summed E-state index contributed by atoms with van der Waals surface area (Å²) in [6.07, 6.45) is 5.38. The first-order valence-corrected chi connectivity index (χ1v) is 11.1. The van der Waals surface area contributed by atoms with E-state index in [0.29, 0.717) is 0 Å². The van der Waals surface area contributed by atoms with Crippen LogP contribution in [0, 0.1) is 0 Å². The van der Waals surface area contributed by atoms with Gasteiger partial charge in [0.05, 0.1) is 0 Å². The fourth-order valence-corrected chi connectivity index (χ4v) is 4.38. The average molecular weight is 390 g/mol. The van der Waals surface area contributed by atoms with Crippen LogP contribution in [0.1, 0.15) is 22.8 Å². The number of H-pyrrole nitrogens is 1. The summed E-state index contributed by atoms with van der Waals surface area (Å²) < 4.78 is 0. The molecule has 2 aromatic heterocycles. The molecule has 1 aromatic carbocycles. The van der Waals surface area contributed by atoms with Gasteiger partial charge in [0.2, 0.25) is 0 Å². The number of thioether (sulfide) groups is 1. The first-order chi connectivity index (χ1) is 12.3. The van der Waals surface area contributed by atoms with E-state index in [2.05, 4.69) is 69.8 Å². The highest BCUT2D eigenvalue weighted by molar-refractivity contribution is 7.98. The van der Waals surface area contributed by atoms with E-state index in [1.807, 2.05) is 11.8 Å². The first kappa shape index (κ1) is 18.3. The summed E-state index contributed by atoms with van der Waals surface area (Å²) in [5.41, 5.74) is 2.49. The molecule has 0 spiro atoms. The van der Waals surface area contributed by atoms with E-state index in [9.17, 15) is 0 Å². The molecule has 0 aliphatic heterocycles. The molecule has 0 aliphatic rings. The van der Waals surface area contributed by atoms with Crippen molar-refractivity contribution in [2.24, 2.45) is 0 Å². The molecule has 3 nitrogen and oxygen atoms in total. The molecule has 0 aliphatic carbocycles. The molecule has 1 atom stereocenters. The lowest BCUT2D eigenvalue weighted by Gasteiger charge is -2.18. The van der Waals surface area contributed by atoms with Crippen molar-refractivity contribution in [3.05, 3.63) is 58.4 Å². The number of hydrogen-bond acceptors (Lipinski definition) is 3. The number of thiocarbonyl (C=S) groups is 1. The Bertz CT molecular complexity index is 795. The zero-order valence-electron chi connectivity index (χ0n) is 14.2. The molecular formula is C19H23N3S3. The maximum absolute atomic E-state index is 5.44. The molecule has 0 amide bonds. The summed E-state index contributed by atoms with van der Waals surface area (Å²) in [5, 5.41) is 10.9. The standard InChI is InChI=1S/C19H23N3S3/c1-24-10-5-9-20-19(23)22-13-16(18-8-4-11-25-18)15-12-21-17-7-3-2-6-14(15)17/h2-4,6-8,11-12,16,21H,5,9-10,13H2,1H3,(H2,20,22,23)/t16-/m0/s1. The summed E-state index contributed by atoms with van der Waals surface area (Å²) in [4.78, 5) is 4.74. The molecule has 0 bridgehead atoms. The number of aromatic amines is 1. The van der Waals surface area contributed by atoms with Gasteiger partial charge in [0.15, 0.2) is 5.11 Å². The molecule has 2 heterocycles. The molecule has 3 N–H and O–H groups in total. The highest BCUT2D eigenvalue weighted by Crippen LogP contribution is 2.32. The van der Waals surface area contributed by atoms with Gasteiger partial charge in [-0.1, -0.05) is 24.3 Å². The highest BCUT2D eigenvalue weighted by atomic mass is 32.2. The summed E-state index contributed by atoms with van der Waals surface area (Å²) >= 11 is 9.10. The minimum absolute atomic E-state index is 0.280. The SMILES string of the molecule is CSCCCNC(=S)NC[C@H](c1cccs1)c1c[nH]c2ccccc12. The van der Waals surface area contributed by atoms with Gasteiger partial charge in [0.1, 0.15) is 0 Å². The van der Waals surface area contributed by atoms with Crippen molar-refractivity contribution in [3.8, 4) is 0 Å². The Morgan fingerprint density at radius 3 is 2.92 bits per heavy atom. The number of aromatic nitrogens is 1. The van der Waals surface area contributed by atoms with Crippen LogP contribution in [0.25, 0.3) is 10.9 Å². The van der Waals surface area contributed by atoms with Crippen LogP contribution < -0.4 is 10.6 Å². The Hall–Kier alpha value is -1.50. The van der Waals surface area contributed by atoms with Gasteiger partial charge in [-0.15, -0.1) is 11.3 Å². The fourth-order valence-electron chi connectivity index (χ4n) is 2.91. The van der Waals surface area contributed by atoms with Crippen molar-refractivity contribution in [2.75, 3.05) is 25.1 Å². The topological polar surface area (TPSA) is 39.8 Å². The van der Waals surface area contributed by atoms with Gasteiger partial charge in [0.25, 0.3) is 0 Å². The highest BCUT2D eigenvalue weighted by Gasteiger charge is 2.19. The fraction of sp³-hybridized carbons (Fsp3) is 0.316. The van der Waals surface area contributed by atoms with E-state index >= 15 is 0 Å². The molecule has 0 radical (unpaired) electrons. The van der Waals surface area contributed by atoms with Crippen molar-refractivity contribution in [3.63, 3.8) is 0 Å². The first-order valence-electron chi connectivity index (χ1n) is 8.39. The quantitative estimate of drug-likeness (QED) is 0.390. The minimum atomic E-state index is 0.280. The van der Waals surface area contributed by atoms with E-state index in [1.165, 1.54) is 21.3 Å². The van der Waals surface area contributed by atoms with Gasteiger partial charge in [-0.25, -0.2) is 0 Å². The lowest BCUT2D eigenvalue weighted by atomic mass is 9.97. The monoisotopic (exact) mass is 389 g/mol. The smallest absolute Gasteiger partial charge is 0.166 e. The molecule has 132 valence electrons. The molecule has 25 heavy (non-hydrogen) atoms. The summed E-state index contributed by atoms with van der Waals surface area (Å²) in [7, 11) is 0. The average Bonchev–Trinajstić information content (AvgIpc) is 3.30. The molecule has 0 fully saturated rings. The van der Waals surface area contributed by atoms with Crippen molar-refractivity contribution < 1.29 is 0 Å². The van der Waals surface area contributed by atoms with Gasteiger partial charge >= 0.3 is 0 Å². The van der Waals surface area contributed by atoms with Crippen molar-refractivity contribution >= 4 is 51.3 Å². The van der Waals surface area contributed by atoms with Crippen LogP contribution in [0.15, 0.2) is 48.0 Å². The predicted octanol–water partition coefficient (Wildman–Crippen LogP) is 4.58. The number of thiophene rings is 1. The van der Waals surface area contributed by atoms with Crippen LogP contribution in [0.4, 0.5) is 0 Å². The maximum Gasteiger partial charge on any atom is 0.166 e. The predicted molar refractivity (Wildman–Crippen MR) is 116 cm³/mol. The number of rotatable bonds is 8. The second kappa shape index (κ2) is 9.27. The van der Waals surface area contributed by atoms with Crippen molar-refractivity contribution in [1.82, 2.24) is 15.6 Å². The summed E-state index contributed by atoms with van der Waals surface area (Å²) in [6, 6.07) is 12.8. The Labute approximate surface area is 162 Å². The van der Waals surface area contributed by atoms with Gasteiger partial charge in [-0.2, -0.15) is 11.8 Å². The molecule has 0 saturated heterocycles. The van der Waals surface area contributed by atoms with Crippen LogP contribution in [0.5, 0.6) is 0 Å². The van der Waals surface area contributed by atoms with E-state index < -0.39 is 0 Å². The maximum atomic E-state index is 5.44. The van der Waals surface area contributed by atoms with Crippen LogP contribution in [-0.2, 0) is 0 Å². The normalized spacial score (nSPS) is 12.2. The minimum Gasteiger partial charge on any atom is -0.363 e. The molecule has 3 aromatic rings. The van der Waals surface area contributed by atoms with Gasteiger partial charge in [0, 0.05) is 41.0 Å². The summed E-state index contributed by atoms with van der Waals surface area (Å²) in [5.74, 6) is 1.44. The zero-order chi connectivity index (χ0) is 17.5. The molecule has 6 heteroatoms. The van der Waals surface area contributed by atoms with Crippen LogP contribution in [0.2, 0.25) is 0 Å².